The Kier molecular flexibility index (Phi) is 5.02. The number of para-hydroxylation sites is 1. The summed E-state index contributed by atoms with van der Waals surface area (Å²) in [5.41, 5.74) is 2.32. The van der Waals surface area contributed by atoms with Crippen LogP contribution in [0.4, 0.5) is 0 Å². The van der Waals surface area contributed by atoms with Crippen molar-refractivity contribution in [1.29, 1.82) is 0 Å². The van der Waals surface area contributed by atoms with Crippen LogP contribution in [0.3, 0.4) is 0 Å². The van der Waals surface area contributed by atoms with Crippen LogP contribution in [0.1, 0.15) is 22.7 Å². The number of hydrogen-bond acceptors (Lipinski definition) is 3. The van der Waals surface area contributed by atoms with Gasteiger partial charge in [0.2, 0.25) is 0 Å². The molecule has 0 radical (unpaired) electrons. The van der Waals surface area contributed by atoms with Crippen molar-refractivity contribution >= 4 is 22.9 Å². The van der Waals surface area contributed by atoms with Crippen molar-refractivity contribution in [3.63, 3.8) is 0 Å². The molecule has 0 aliphatic rings. The number of thiazole rings is 1. The minimum atomic E-state index is 0.694. The van der Waals surface area contributed by atoms with Gasteiger partial charge in [-0.1, -0.05) is 18.2 Å². The van der Waals surface area contributed by atoms with Crippen molar-refractivity contribution in [3.8, 4) is 5.75 Å². The van der Waals surface area contributed by atoms with E-state index >= 15 is 0 Å². The molecule has 2 rings (SSSR count). The minimum Gasteiger partial charge on any atom is -0.496 e. The molecule has 0 saturated carbocycles. The van der Waals surface area contributed by atoms with Gasteiger partial charge in [-0.3, -0.25) is 0 Å². The largest absolute Gasteiger partial charge is 0.496 e. The molecule has 1 aromatic carbocycles. The first-order chi connectivity index (χ1) is 8.83. The van der Waals surface area contributed by atoms with E-state index in [-0.39, 0.29) is 0 Å². The number of halogens is 1. The molecule has 0 aliphatic heterocycles. The van der Waals surface area contributed by atoms with E-state index in [4.69, 9.17) is 16.3 Å². The average Bonchev–Trinajstić information content (AvgIpc) is 2.84. The standard InChI is InChI=1S/C14H16ClNOS/c1-17-13-7-3-2-5-11(13)9-14-16-12(10-18-14)6-4-8-15/h2-3,5,7,10H,4,6,8-9H2,1H3. The van der Waals surface area contributed by atoms with Crippen LogP contribution in [-0.2, 0) is 12.8 Å². The van der Waals surface area contributed by atoms with Gasteiger partial charge in [0.05, 0.1) is 17.8 Å². The Morgan fingerprint density at radius 3 is 2.94 bits per heavy atom. The van der Waals surface area contributed by atoms with E-state index in [2.05, 4.69) is 16.4 Å². The highest BCUT2D eigenvalue weighted by Crippen LogP contribution is 2.22. The lowest BCUT2D eigenvalue weighted by molar-refractivity contribution is 0.410. The first-order valence-corrected chi connectivity index (χ1v) is 7.36. The van der Waals surface area contributed by atoms with Crippen LogP contribution in [0.25, 0.3) is 0 Å². The molecule has 0 amide bonds. The third-order valence-electron chi connectivity index (χ3n) is 2.70. The number of hydrogen-bond donors (Lipinski definition) is 0. The summed E-state index contributed by atoms with van der Waals surface area (Å²) in [5.74, 6) is 1.62. The van der Waals surface area contributed by atoms with Crippen LogP contribution in [0.5, 0.6) is 5.75 Å². The van der Waals surface area contributed by atoms with E-state index in [9.17, 15) is 0 Å². The quantitative estimate of drug-likeness (QED) is 0.749. The van der Waals surface area contributed by atoms with Gasteiger partial charge in [-0.25, -0.2) is 4.98 Å². The Hall–Kier alpha value is -1.06. The molecule has 2 nitrogen and oxygen atoms in total. The molecule has 2 aromatic rings. The summed E-state index contributed by atoms with van der Waals surface area (Å²) in [6.45, 7) is 0. The molecule has 96 valence electrons. The van der Waals surface area contributed by atoms with Gasteiger partial charge in [-0.15, -0.1) is 22.9 Å². The zero-order valence-electron chi connectivity index (χ0n) is 10.4. The lowest BCUT2D eigenvalue weighted by Crippen LogP contribution is -1.94. The summed E-state index contributed by atoms with van der Waals surface area (Å²) in [6, 6.07) is 8.08. The van der Waals surface area contributed by atoms with Gasteiger partial charge in [0.15, 0.2) is 0 Å². The zero-order chi connectivity index (χ0) is 12.8. The molecule has 0 atom stereocenters. The molecular formula is C14H16ClNOS. The Morgan fingerprint density at radius 2 is 2.17 bits per heavy atom. The van der Waals surface area contributed by atoms with Gasteiger partial charge >= 0.3 is 0 Å². The molecule has 18 heavy (non-hydrogen) atoms. The Labute approximate surface area is 117 Å². The van der Waals surface area contributed by atoms with Crippen LogP contribution in [0.15, 0.2) is 29.6 Å². The maximum atomic E-state index is 5.69. The predicted molar refractivity (Wildman–Crippen MR) is 77.0 cm³/mol. The molecule has 0 aliphatic carbocycles. The fraction of sp³-hybridized carbons (Fsp3) is 0.357. The van der Waals surface area contributed by atoms with Crippen LogP contribution >= 0.6 is 22.9 Å². The lowest BCUT2D eigenvalue weighted by Gasteiger charge is -2.05. The number of benzene rings is 1. The highest BCUT2D eigenvalue weighted by molar-refractivity contribution is 7.09. The van der Waals surface area contributed by atoms with Crippen molar-refractivity contribution in [3.05, 3.63) is 45.9 Å². The first-order valence-electron chi connectivity index (χ1n) is 5.94. The number of aryl methyl sites for hydroxylation is 1. The van der Waals surface area contributed by atoms with Gasteiger partial charge in [0.25, 0.3) is 0 Å². The maximum absolute atomic E-state index is 5.69. The predicted octanol–water partition coefficient (Wildman–Crippen LogP) is 3.91. The van der Waals surface area contributed by atoms with E-state index in [0.717, 1.165) is 35.7 Å². The van der Waals surface area contributed by atoms with Crippen LogP contribution in [0, 0.1) is 0 Å². The lowest BCUT2D eigenvalue weighted by atomic mass is 10.1. The zero-order valence-corrected chi connectivity index (χ0v) is 11.9. The van der Waals surface area contributed by atoms with Gasteiger partial charge in [-0.2, -0.15) is 0 Å². The van der Waals surface area contributed by atoms with Gasteiger partial charge in [0, 0.05) is 23.2 Å². The number of aromatic nitrogens is 1. The molecule has 1 aromatic heterocycles. The average molecular weight is 282 g/mol. The highest BCUT2D eigenvalue weighted by atomic mass is 35.5. The molecule has 0 fully saturated rings. The second-order valence-corrected chi connectivity index (χ2v) is 5.33. The Bertz CT molecular complexity index is 498. The fourth-order valence-electron chi connectivity index (χ4n) is 1.80. The fourth-order valence-corrected chi connectivity index (χ4v) is 2.79. The number of methoxy groups -OCH3 is 1. The molecule has 0 N–H and O–H groups in total. The monoisotopic (exact) mass is 281 g/mol. The molecular weight excluding hydrogens is 266 g/mol. The maximum Gasteiger partial charge on any atom is 0.122 e. The number of alkyl halides is 1. The Balaban J connectivity index is 2.06. The molecule has 1 heterocycles. The molecule has 0 bridgehead atoms. The first kappa shape index (κ1) is 13.4. The number of nitrogens with zero attached hydrogens (tertiary/aromatic N) is 1. The summed E-state index contributed by atoms with van der Waals surface area (Å²) >= 11 is 7.39. The highest BCUT2D eigenvalue weighted by Gasteiger charge is 2.07. The smallest absolute Gasteiger partial charge is 0.122 e. The normalized spacial score (nSPS) is 10.6. The van der Waals surface area contributed by atoms with E-state index < -0.39 is 0 Å². The topological polar surface area (TPSA) is 22.1 Å². The van der Waals surface area contributed by atoms with E-state index in [1.807, 2.05) is 18.2 Å². The SMILES string of the molecule is COc1ccccc1Cc1nc(CCCCl)cs1. The van der Waals surface area contributed by atoms with E-state index in [1.54, 1.807) is 18.4 Å². The van der Waals surface area contributed by atoms with Gasteiger partial charge in [-0.05, 0) is 18.9 Å². The third kappa shape index (κ3) is 3.47. The van der Waals surface area contributed by atoms with Crippen molar-refractivity contribution in [2.75, 3.05) is 13.0 Å². The van der Waals surface area contributed by atoms with Crippen molar-refractivity contribution < 1.29 is 4.74 Å². The van der Waals surface area contributed by atoms with Gasteiger partial charge < -0.3 is 4.74 Å². The van der Waals surface area contributed by atoms with Crippen molar-refractivity contribution in [2.45, 2.75) is 19.3 Å². The van der Waals surface area contributed by atoms with Crippen LogP contribution in [0.2, 0.25) is 0 Å². The summed E-state index contributed by atoms with van der Waals surface area (Å²) < 4.78 is 5.35. The summed E-state index contributed by atoms with van der Waals surface area (Å²) in [4.78, 5) is 4.62. The van der Waals surface area contributed by atoms with Crippen molar-refractivity contribution in [1.82, 2.24) is 4.98 Å². The van der Waals surface area contributed by atoms with Crippen molar-refractivity contribution in [2.24, 2.45) is 0 Å². The Morgan fingerprint density at radius 1 is 1.33 bits per heavy atom. The summed E-state index contributed by atoms with van der Waals surface area (Å²) in [6.07, 6.45) is 2.78. The molecule has 0 saturated heterocycles. The summed E-state index contributed by atoms with van der Waals surface area (Å²) in [7, 11) is 1.70. The van der Waals surface area contributed by atoms with E-state index in [0.29, 0.717) is 5.88 Å². The molecule has 0 unspecified atom stereocenters. The minimum absolute atomic E-state index is 0.694. The second-order valence-electron chi connectivity index (χ2n) is 4.01. The van der Waals surface area contributed by atoms with Gasteiger partial charge in [0.1, 0.15) is 5.75 Å². The number of rotatable bonds is 6. The second kappa shape index (κ2) is 6.76. The molecule has 0 spiro atoms. The third-order valence-corrected chi connectivity index (χ3v) is 3.86. The van der Waals surface area contributed by atoms with E-state index in [1.165, 1.54) is 5.56 Å². The van der Waals surface area contributed by atoms with Crippen LogP contribution in [-0.4, -0.2) is 18.0 Å². The van der Waals surface area contributed by atoms with Crippen LogP contribution < -0.4 is 4.74 Å². The summed E-state index contributed by atoms with van der Waals surface area (Å²) in [5, 5.41) is 3.25. The molecule has 4 heteroatoms. The number of ether oxygens (including phenoxy) is 1.